The summed E-state index contributed by atoms with van der Waals surface area (Å²) in [6, 6.07) is 5.60. The number of nitrogens with zero attached hydrogens (tertiary/aromatic N) is 5. The topological polar surface area (TPSA) is 68.1 Å². The largest absolute Gasteiger partial charge is 0.416 e. The minimum absolute atomic E-state index is 0.0330. The highest BCUT2D eigenvalue weighted by Gasteiger charge is 2.33. The Morgan fingerprint density at radius 1 is 1.24 bits per heavy atom. The highest BCUT2D eigenvalue weighted by molar-refractivity contribution is 6.30. The number of anilines is 2. The van der Waals surface area contributed by atoms with Gasteiger partial charge in [-0.15, -0.1) is 5.10 Å². The number of benzene rings is 2. The predicted octanol–water partition coefficient (Wildman–Crippen LogP) is 5.17. The van der Waals surface area contributed by atoms with Gasteiger partial charge in [-0.2, -0.15) is 18.0 Å². The third kappa shape index (κ3) is 4.32. The minimum atomic E-state index is -4.49. The van der Waals surface area contributed by atoms with E-state index in [9.17, 15) is 13.2 Å². The first kappa shape index (κ1) is 22.9. The highest BCUT2D eigenvalue weighted by Crippen LogP contribution is 2.42. The summed E-state index contributed by atoms with van der Waals surface area (Å²) in [6.07, 6.45) is -2.85. The minimum Gasteiger partial charge on any atom is -0.385 e. The fourth-order valence-electron chi connectivity index (χ4n) is 4.84. The maximum atomic E-state index is 13.5. The van der Waals surface area contributed by atoms with Crippen molar-refractivity contribution in [1.82, 2.24) is 20.2 Å². The molecule has 0 amide bonds. The summed E-state index contributed by atoms with van der Waals surface area (Å²) in [6.45, 7) is 4.15. The molecule has 1 unspecified atom stereocenters. The zero-order valence-electron chi connectivity index (χ0n) is 18.8. The summed E-state index contributed by atoms with van der Waals surface area (Å²) in [5.41, 5.74) is 5.22. The molecule has 3 aromatic rings. The first-order valence-corrected chi connectivity index (χ1v) is 11.4. The van der Waals surface area contributed by atoms with Crippen LogP contribution in [0.3, 0.4) is 0 Å². The lowest BCUT2D eigenvalue weighted by molar-refractivity contribution is -0.137. The molecule has 34 heavy (non-hydrogen) atoms. The number of halogens is 4. The molecule has 7 nitrogen and oxygen atoms in total. The van der Waals surface area contributed by atoms with Crippen molar-refractivity contribution in [2.24, 2.45) is 7.05 Å². The SMILES string of the molecule is Cc1c2c(cc3c1NCCCC3N(Cc1cc(Cl)cc(C(F)(F)F)c1)c1nnn(C)n1)COC2. The molecule has 0 aliphatic carbocycles. The quantitative estimate of drug-likeness (QED) is 0.541. The van der Waals surface area contributed by atoms with Crippen LogP contribution in [-0.2, 0) is 37.7 Å². The number of aryl methyl sites for hydroxylation is 1. The Balaban J connectivity index is 1.61. The average Bonchev–Trinajstić information content (AvgIpc) is 3.36. The van der Waals surface area contributed by atoms with E-state index in [2.05, 4.69) is 33.7 Å². The molecule has 2 aromatic carbocycles. The Labute approximate surface area is 199 Å². The molecule has 1 atom stereocenters. The third-order valence-corrected chi connectivity index (χ3v) is 6.64. The van der Waals surface area contributed by atoms with Crippen molar-refractivity contribution in [3.8, 4) is 0 Å². The molecular weight excluding hydrogens is 469 g/mol. The number of hydrogen-bond acceptors (Lipinski definition) is 6. The van der Waals surface area contributed by atoms with E-state index in [4.69, 9.17) is 16.3 Å². The first-order chi connectivity index (χ1) is 16.2. The van der Waals surface area contributed by atoms with Gasteiger partial charge in [0.2, 0.25) is 0 Å². The number of nitrogens with one attached hydrogen (secondary N) is 1. The second kappa shape index (κ2) is 8.74. The predicted molar refractivity (Wildman–Crippen MR) is 122 cm³/mol. The van der Waals surface area contributed by atoms with Crippen LogP contribution in [0, 0.1) is 6.92 Å². The second-order valence-corrected chi connectivity index (χ2v) is 9.17. The van der Waals surface area contributed by atoms with Gasteiger partial charge in [0.15, 0.2) is 0 Å². The Morgan fingerprint density at radius 2 is 2.06 bits per heavy atom. The van der Waals surface area contributed by atoms with Crippen molar-refractivity contribution in [2.75, 3.05) is 16.8 Å². The molecular formula is C23H24ClF3N6O. The van der Waals surface area contributed by atoms with Gasteiger partial charge in [0.25, 0.3) is 5.95 Å². The van der Waals surface area contributed by atoms with Gasteiger partial charge in [-0.25, -0.2) is 0 Å². The Morgan fingerprint density at radius 3 is 2.79 bits per heavy atom. The summed E-state index contributed by atoms with van der Waals surface area (Å²) in [5.74, 6) is 0.350. The normalized spacial score (nSPS) is 17.6. The van der Waals surface area contributed by atoms with E-state index in [0.717, 1.165) is 53.9 Å². The van der Waals surface area contributed by atoms with Crippen LogP contribution >= 0.6 is 11.6 Å². The van der Waals surface area contributed by atoms with Gasteiger partial charge < -0.3 is 15.0 Å². The molecule has 3 heterocycles. The molecule has 5 rings (SSSR count). The molecule has 0 spiro atoms. The van der Waals surface area contributed by atoms with Crippen LogP contribution in [0.5, 0.6) is 0 Å². The first-order valence-electron chi connectivity index (χ1n) is 11.0. The number of fused-ring (bicyclic) bond motifs is 2. The van der Waals surface area contributed by atoms with Crippen molar-refractivity contribution >= 4 is 23.2 Å². The molecule has 0 saturated carbocycles. The number of aromatic nitrogens is 4. The van der Waals surface area contributed by atoms with Crippen LogP contribution in [-0.4, -0.2) is 26.8 Å². The van der Waals surface area contributed by atoms with E-state index in [0.29, 0.717) is 24.7 Å². The van der Waals surface area contributed by atoms with Gasteiger partial charge in [0, 0.05) is 23.8 Å². The van der Waals surface area contributed by atoms with Crippen molar-refractivity contribution in [1.29, 1.82) is 0 Å². The Bertz CT molecular complexity index is 1230. The molecule has 1 aromatic heterocycles. The monoisotopic (exact) mass is 492 g/mol. The van der Waals surface area contributed by atoms with E-state index in [1.165, 1.54) is 10.4 Å². The number of hydrogen-bond donors (Lipinski definition) is 1. The lowest BCUT2D eigenvalue weighted by Gasteiger charge is -2.32. The van der Waals surface area contributed by atoms with Crippen LogP contribution < -0.4 is 10.2 Å². The summed E-state index contributed by atoms with van der Waals surface area (Å²) in [5, 5.41) is 16.2. The van der Waals surface area contributed by atoms with Crippen LogP contribution in [0.15, 0.2) is 24.3 Å². The van der Waals surface area contributed by atoms with Gasteiger partial charge in [-0.1, -0.05) is 16.7 Å². The molecule has 180 valence electrons. The smallest absolute Gasteiger partial charge is 0.385 e. The van der Waals surface area contributed by atoms with E-state index < -0.39 is 11.7 Å². The van der Waals surface area contributed by atoms with Crippen LogP contribution in [0.1, 0.15) is 52.3 Å². The van der Waals surface area contributed by atoms with E-state index in [1.54, 1.807) is 13.1 Å². The number of ether oxygens (including phenoxy) is 1. The molecule has 1 N–H and O–H groups in total. The maximum absolute atomic E-state index is 13.5. The zero-order valence-corrected chi connectivity index (χ0v) is 19.5. The molecule has 0 fully saturated rings. The Hall–Kier alpha value is -2.85. The van der Waals surface area contributed by atoms with Crippen molar-refractivity contribution in [2.45, 2.75) is 51.7 Å². The maximum Gasteiger partial charge on any atom is 0.416 e. The molecule has 0 radical (unpaired) electrons. The summed E-state index contributed by atoms with van der Waals surface area (Å²) >= 11 is 6.08. The van der Waals surface area contributed by atoms with Crippen LogP contribution in [0.2, 0.25) is 5.02 Å². The van der Waals surface area contributed by atoms with Crippen molar-refractivity contribution in [3.63, 3.8) is 0 Å². The molecule has 2 aliphatic rings. The second-order valence-electron chi connectivity index (χ2n) is 8.73. The van der Waals surface area contributed by atoms with Crippen LogP contribution in [0.25, 0.3) is 0 Å². The molecule has 0 saturated heterocycles. The lowest BCUT2D eigenvalue weighted by atomic mass is 9.92. The Kier molecular flexibility index (Phi) is 5.89. The average molecular weight is 493 g/mol. The van der Waals surface area contributed by atoms with E-state index in [1.807, 2.05) is 4.90 Å². The molecule has 2 aliphatic heterocycles. The van der Waals surface area contributed by atoms with Gasteiger partial charge in [0.1, 0.15) is 0 Å². The number of alkyl halides is 3. The van der Waals surface area contributed by atoms with Crippen molar-refractivity contribution in [3.05, 3.63) is 62.7 Å². The fourth-order valence-corrected chi connectivity index (χ4v) is 5.10. The molecule has 11 heteroatoms. The number of tetrazole rings is 1. The van der Waals surface area contributed by atoms with Gasteiger partial charge in [-0.3, -0.25) is 0 Å². The number of rotatable bonds is 4. The van der Waals surface area contributed by atoms with Crippen molar-refractivity contribution < 1.29 is 17.9 Å². The molecule has 0 bridgehead atoms. The zero-order chi connectivity index (χ0) is 24.0. The third-order valence-electron chi connectivity index (χ3n) is 6.42. The highest BCUT2D eigenvalue weighted by atomic mass is 35.5. The summed E-state index contributed by atoms with van der Waals surface area (Å²) < 4.78 is 46.1. The lowest BCUT2D eigenvalue weighted by Crippen LogP contribution is -2.30. The summed E-state index contributed by atoms with van der Waals surface area (Å²) in [4.78, 5) is 3.27. The van der Waals surface area contributed by atoms with E-state index in [-0.39, 0.29) is 17.6 Å². The fraction of sp³-hybridized carbons (Fsp3) is 0.435. The van der Waals surface area contributed by atoms with Gasteiger partial charge in [-0.05, 0) is 77.1 Å². The van der Waals surface area contributed by atoms with E-state index >= 15 is 0 Å². The van der Waals surface area contributed by atoms with Crippen LogP contribution in [0.4, 0.5) is 24.8 Å². The summed E-state index contributed by atoms with van der Waals surface area (Å²) in [7, 11) is 1.66. The van der Waals surface area contributed by atoms with Gasteiger partial charge in [0.05, 0.1) is 31.9 Å². The standard InChI is InChI=1S/C23H24ClF3N6O/c1-13-19-12-34-11-15(19)8-18-20(4-3-5-28-21(13)18)33(22-29-31-32(2)30-22)10-14-6-16(23(25,26)27)9-17(24)7-14/h6-9,20,28H,3-5,10-12H2,1-2H3. The van der Waals surface area contributed by atoms with Gasteiger partial charge >= 0.3 is 6.18 Å².